The molecule has 12 heteroatoms. The van der Waals surface area contributed by atoms with Crippen molar-refractivity contribution in [2.24, 2.45) is 5.92 Å². The van der Waals surface area contributed by atoms with Crippen molar-refractivity contribution < 1.29 is 42.9 Å². The van der Waals surface area contributed by atoms with Gasteiger partial charge >= 0.3 is 6.09 Å². The molecule has 1 heterocycles. The van der Waals surface area contributed by atoms with E-state index >= 15 is 0 Å². The average Bonchev–Trinajstić information content (AvgIpc) is 3.13. The lowest BCUT2D eigenvalue weighted by molar-refractivity contribution is -0.140. The minimum atomic E-state index is -0.503. The second kappa shape index (κ2) is 17.4. The molecule has 1 atom stereocenters. The van der Waals surface area contributed by atoms with Gasteiger partial charge in [0.05, 0.1) is 65.8 Å². The fourth-order valence-electron chi connectivity index (χ4n) is 3.29. The Balaban J connectivity index is 1.36. The number of ether oxygens (including phenoxy) is 5. The zero-order valence-electron chi connectivity index (χ0n) is 21.5. The summed E-state index contributed by atoms with van der Waals surface area (Å²) in [6, 6.07) is 7.02. The van der Waals surface area contributed by atoms with Gasteiger partial charge in [0.1, 0.15) is 6.61 Å². The van der Waals surface area contributed by atoms with Crippen LogP contribution in [-0.2, 0) is 44.7 Å². The Labute approximate surface area is 216 Å². The van der Waals surface area contributed by atoms with E-state index in [2.05, 4.69) is 10.6 Å². The molecule has 0 radical (unpaired) electrons. The summed E-state index contributed by atoms with van der Waals surface area (Å²) in [4.78, 5) is 47.8. The molecule has 12 nitrogen and oxygen atoms in total. The first kappa shape index (κ1) is 30.2. The number of anilines is 1. The molecule has 1 aromatic carbocycles. The number of imide groups is 1. The Hall–Kier alpha value is -3.06. The van der Waals surface area contributed by atoms with Crippen LogP contribution >= 0.6 is 0 Å². The SMILES string of the molecule is CNC(=O)OCc1ccc(NC(=O)CCOCCOCCOCCOCCN2C(=O)CC(C)C2=O)cc1. The molecule has 2 N–H and O–H groups in total. The Morgan fingerprint density at radius 1 is 0.892 bits per heavy atom. The average molecular weight is 524 g/mol. The van der Waals surface area contributed by atoms with Gasteiger partial charge in [-0.25, -0.2) is 4.79 Å². The molecule has 1 unspecified atom stereocenters. The third-order valence-electron chi connectivity index (χ3n) is 5.33. The zero-order chi connectivity index (χ0) is 26.9. The van der Waals surface area contributed by atoms with Crippen LogP contribution in [0.2, 0.25) is 0 Å². The van der Waals surface area contributed by atoms with Gasteiger partial charge < -0.3 is 34.3 Å². The van der Waals surface area contributed by atoms with Crippen molar-refractivity contribution in [1.82, 2.24) is 10.2 Å². The van der Waals surface area contributed by atoms with Crippen molar-refractivity contribution >= 4 is 29.5 Å². The van der Waals surface area contributed by atoms with E-state index in [1.807, 2.05) is 0 Å². The third kappa shape index (κ3) is 12.2. The molecule has 0 aromatic heterocycles. The monoisotopic (exact) mass is 523 g/mol. The minimum Gasteiger partial charge on any atom is -0.445 e. The van der Waals surface area contributed by atoms with E-state index in [1.165, 1.54) is 11.9 Å². The number of nitrogens with one attached hydrogen (secondary N) is 2. The van der Waals surface area contributed by atoms with Gasteiger partial charge in [-0.15, -0.1) is 0 Å². The van der Waals surface area contributed by atoms with E-state index in [4.69, 9.17) is 23.7 Å². The first-order chi connectivity index (χ1) is 17.9. The van der Waals surface area contributed by atoms with Gasteiger partial charge in [0.2, 0.25) is 17.7 Å². The lowest BCUT2D eigenvalue weighted by Crippen LogP contribution is -2.33. The van der Waals surface area contributed by atoms with Crippen molar-refractivity contribution in [1.29, 1.82) is 0 Å². The molecule has 0 aliphatic carbocycles. The maximum atomic E-state index is 12.0. The molecular weight excluding hydrogens is 486 g/mol. The van der Waals surface area contributed by atoms with E-state index in [-0.39, 0.29) is 56.2 Å². The highest BCUT2D eigenvalue weighted by atomic mass is 16.6. The Bertz CT molecular complexity index is 863. The third-order valence-corrected chi connectivity index (χ3v) is 5.33. The number of carbonyl (C=O) groups excluding carboxylic acids is 4. The highest BCUT2D eigenvalue weighted by Crippen LogP contribution is 2.18. The van der Waals surface area contributed by atoms with E-state index in [9.17, 15) is 19.2 Å². The molecule has 206 valence electrons. The lowest BCUT2D eigenvalue weighted by atomic mass is 10.1. The van der Waals surface area contributed by atoms with Crippen molar-refractivity contribution in [3.05, 3.63) is 29.8 Å². The first-order valence-electron chi connectivity index (χ1n) is 12.3. The van der Waals surface area contributed by atoms with Crippen LogP contribution in [0.1, 0.15) is 25.3 Å². The molecule has 1 fully saturated rings. The Morgan fingerprint density at radius 2 is 1.46 bits per heavy atom. The molecule has 37 heavy (non-hydrogen) atoms. The van der Waals surface area contributed by atoms with E-state index in [0.29, 0.717) is 51.9 Å². The van der Waals surface area contributed by atoms with Crippen LogP contribution < -0.4 is 10.6 Å². The molecule has 4 amide bonds. The molecule has 1 saturated heterocycles. The molecule has 0 spiro atoms. The van der Waals surface area contributed by atoms with Gasteiger partial charge in [-0.3, -0.25) is 19.3 Å². The van der Waals surface area contributed by atoms with Crippen LogP contribution in [0.5, 0.6) is 0 Å². The maximum Gasteiger partial charge on any atom is 0.407 e. The topological polar surface area (TPSA) is 142 Å². The molecule has 1 aromatic rings. The number of likely N-dealkylation sites (tertiary alicyclic amines) is 1. The smallest absolute Gasteiger partial charge is 0.407 e. The number of hydrogen-bond donors (Lipinski definition) is 2. The molecule has 1 aliphatic rings. The Kier molecular flexibility index (Phi) is 14.2. The lowest BCUT2D eigenvalue weighted by Gasteiger charge is -2.14. The molecular formula is C25H37N3O9. The van der Waals surface area contributed by atoms with Crippen LogP contribution in [-0.4, -0.2) is 95.2 Å². The van der Waals surface area contributed by atoms with Crippen LogP contribution in [0.3, 0.4) is 0 Å². The van der Waals surface area contributed by atoms with E-state index in [1.54, 1.807) is 31.2 Å². The van der Waals surface area contributed by atoms with Gasteiger partial charge in [-0.2, -0.15) is 0 Å². The predicted molar refractivity (Wildman–Crippen MR) is 133 cm³/mol. The summed E-state index contributed by atoms with van der Waals surface area (Å²) in [5, 5.41) is 5.15. The van der Waals surface area contributed by atoms with E-state index < -0.39 is 6.09 Å². The van der Waals surface area contributed by atoms with Crippen LogP contribution in [0, 0.1) is 5.92 Å². The summed E-state index contributed by atoms with van der Waals surface area (Å²) in [6.07, 6.45) is -0.0146. The minimum absolute atomic E-state index is 0.135. The molecule has 0 saturated carbocycles. The highest BCUT2D eigenvalue weighted by molar-refractivity contribution is 6.03. The fraction of sp³-hybridized carbons (Fsp3) is 0.600. The maximum absolute atomic E-state index is 12.0. The summed E-state index contributed by atoms with van der Waals surface area (Å²) in [5.74, 6) is -0.681. The molecule has 1 aliphatic heterocycles. The normalized spacial score (nSPS) is 15.2. The summed E-state index contributed by atoms with van der Waals surface area (Å²) in [6.45, 7) is 5.06. The first-order valence-corrected chi connectivity index (χ1v) is 12.3. The number of hydrogen-bond acceptors (Lipinski definition) is 9. The fourth-order valence-corrected chi connectivity index (χ4v) is 3.29. The van der Waals surface area contributed by atoms with Gasteiger partial charge in [0.25, 0.3) is 0 Å². The van der Waals surface area contributed by atoms with Crippen molar-refractivity contribution in [3.63, 3.8) is 0 Å². The number of benzene rings is 1. The summed E-state index contributed by atoms with van der Waals surface area (Å²) >= 11 is 0. The number of amides is 4. The van der Waals surface area contributed by atoms with Gasteiger partial charge in [-0.05, 0) is 17.7 Å². The number of nitrogens with zero attached hydrogens (tertiary/aromatic N) is 1. The van der Waals surface area contributed by atoms with Gasteiger partial charge in [0, 0.05) is 25.1 Å². The van der Waals surface area contributed by atoms with Gasteiger partial charge in [0.15, 0.2) is 0 Å². The number of carbonyl (C=O) groups is 4. The van der Waals surface area contributed by atoms with Crippen molar-refractivity contribution in [2.75, 3.05) is 71.8 Å². The second-order valence-corrected chi connectivity index (χ2v) is 8.26. The summed E-state index contributed by atoms with van der Waals surface area (Å²) < 4.78 is 26.6. The quantitative estimate of drug-likeness (QED) is 0.215. The zero-order valence-corrected chi connectivity index (χ0v) is 21.5. The van der Waals surface area contributed by atoms with Gasteiger partial charge in [-0.1, -0.05) is 19.1 Å². The number of alkyl carbamates (subject to hydrolysis) is 1. The van der Waals surface area contributed by atoms with Crippen molar-refractivity contribution in [3.8, 4) is 0 Å². The van der Waals surface area contributed by atoms with Crippen molar-refractivity contribution in [2.45, 2.75) is 26.4 Å². The molecule has 0 bridgehead atoms. The van der Waals surface area contributed by atoms with Crippen LogP contribution in [0.15, 0.2) is 24.3 Å². The van der Waals surface area contributed by atoms with Crippen LogP contribution in [0.4, 0.5) is 10.5 Å². The summed E-state index contributed by atoms with van der Waals surface area (Å²) in [5.41, 5.74) is 1.46. The second-order valence-electron chi connectivity index (χ2n) is 8.26. The van der Waals surface area contributed by atoms with Crippen LogP contribution in [0.25, 0.3) is 0 Å². The Morgan fingerprint density at radius 3 is 2.00 bits per heavy atom. The highest BCUT2D eigenvalue weighted by Gasteiger charge is 2.34. The standard InChI is InChI=1S/C25H37N3O9/c1-19-17-23(30)28(24(19)31)8-10-34-12-14-36-16-15-35-13-11-33-9-7-22(29)27-21-5-3-20(4-6-21)18-37-25(32)26-2/h3-6,19H,7-18H2,1-2H3,(H,26,32)(H,27,29). The largest absolute Gasteiger partial charge is 0.445 e. The number of rotatable bonds is 18. The predicted octanol–water partition coefficient (Wildman–Crippen LogP) is 1.33. The summed E-state index contributed by atoms with van der Waals surface area (Å²) in [7, 11) is 1.49. The van der Waals surface area contributed by atoms with E-state index in [0.717, 1.165) is 5.56 Å². The molecule has 2 rings (SSSR count).